The van der Waals surface area contributed by atoms with E-state index in [0.717, 1.165) is 25.8 Å². The molecule has 6 rings (SSSR count). The van der Waals surface area contributed by atoms with Crippen LogP contribution >= 0.6 is 0 Å². The van der Waals surface area contributed by atoms with Gasteiger partial charge in [0.25, 0.3) is 0 Å². The standard InChI is InChI=1S/C31H44N2O2/c1-7-35-27(34)30(6)14-8-13-29(5)24(30)12-16-31-19-28(4,15-11-25(29)31)26-23(31)18-33(32-26)22-10-9-20(2)21(3)17-22/h9-10,17,23-25H,7-8,11-16,18-19H2,1-6H3/t23-,24+,25+,28+,29-,30-,31-/m1/s1. The Morgan fingerprint density at radius 2 is 1.83 bits per heavy atom. The van der Waals surface area contributed by atoms with Gasteiger partial charge in [0.15, 0.2) is 0 Å². The molecule has 4 heteroatoms. The molecule has 0 N–H and O–H groups in total. The number of rotatable bonds is 3. The van der Waals surface area contributed by atoms with Gasteiger partial charge in [-0.05, 0) is 119 Å². The number of nitrogens with zero attached hydrogens (tertiary/aromatic N) is 2. The first-order chi connectivity index (χ1) is 16.6. The molecule has 4 saturated carbocycles. The molecule has 4 nitrogen and oxygen atoms in total. The quantitative estimate of drug-likeness (QED) is 0.438. The van der Waals surface area contributed by atoms with E-state index in [1.165, 1.54) is 54.6 Å². The van der Waals surface area contributed by atoms with E-state index in [-0.39, 0.29) is 22.2 Å². The molecule has 5 aliphatic rings. The highest BCUT2D eigenvalue weighted by atomic mass is 16.5. The molecule has 190 valence electrons. The van der Waals surface area contributed by atoms with Crippen LogP contribution in [0.1, 0.15) is 90.2 Å². The van der Waals surface area contributed by atoms with Crippen molar-refractivity contribution >= 4 is 17.4 Å². The van der Waals surface area contributed by atoms with Crippen LogP contribution in [0.5, 0.6) is 0 Å². The van der Waals surface area contributed by atoms with Crippen molar-refractivity contribution in [2.24, 2.45) is 44.5 Å². The van der Waals surface area contributed by atoms with Crippen LogP contribution in [0.3, 0.4) is 0 Å². The number of hydrazone groups is 1. The summed E-state index contributed by atoms with van der Waals surface area (Å²) in [6, 6.07) is 6.82. The van der Waals surface area contributed by atoms with Gasteiger partial charge in [-0.2, -0.15) is 5.10 Å². The highest BCUT2D eigenvalue weighted by Gasteiger charge is 2.71. The van der Waals surface area contributed by atoms with E-state index in [4.69, 9.17) is 9.84 Å². The minimum absolute atomic E-state index is 0.0583. The smallest absolute Gasteiger partial charge is 0.312 e. The second kappa shape index (κ2) is 7.59. The van der Waals surface area contributed by atoms with Crippen LogP contribution in [0.25, 0.3) is 0 Å². The van der Waals surface area contributed by atoms with Crippen LogP contribution in [-0.4, -0.2) is 24.8 Å². The average Bonchev–Trinajstić information content (AvgIpc) is 3.33. The molecular formula is C31H44N2O2. The number of aryl methyl sites for hydroxylation is 2. The molecule has 0 amide bonds. The van der Waals surface area contributed by atoms with Gasteiger partial charge in [-0.3, -0.25) is 9.80 Å². The molecule has 35 heavy (non-hydrogen) atoms. The summed E-state index contributed by atoms with van der Waals surface area (Å²) in [6.07, 6.45) is 9.63. The number of carbonyl (C=O) groups excluding carboxylic acids is 1. The summed E-state index contributed by atoms with van der Waals surface area (Å²) in [6.45, 7) is 15.2. The van der Waals surface area contributed by atoms with Gasteiger partial charge >= 0.3 is 5.97 Å². The maximum Gasteiger partial charge on any atom is 0.312 e. The van der Waals surface area contributed by atoms with Gasteiger partial charge in [0, 0.05) is 17.0 Å². The van der Waals surface area contributed by atoms with Crippen molar-refractivity contribution in [2.45, 2.75) is 92.9 Å². The van der Waals surface area contributed by atoms with E-state index in [2.05, 4.69) is 57.8 Å². The van der Waals surface area contributed by atoms with E-state index in [1.807, 2.05) is 6.92 Å². The van der Waals surface area contributed by atoms with Gasteiger partial charge in [-0.1, -0.05) is 26.3 Å². The van der Waals surface area contributed by atoms with Gasteiger partial charge < -0.3 is 4.74 Å². The van der Waals surface area contributed by atoms with E-state index in [0.29, 0.717) is 29.8 Å². The van der Waals surface area contributed by atoms with E-state index < -0.39 is 0 Å². The van der Waals surface area contributed by atoms with Crippen LogP contribution in [0.15, 0.2) is 23.3 Å². The molecule has 0 radical (unpaired) electrons. The second-order valence-corrected chi connectivity index (χ2v) is 13.5. The number of esters is 1. The molecule has 1 aromatic rings. The fraction of sp³-hybridized carbons (Fsp3) is 0.742. The first-order valence-corrected chi connectivity index (χ1v) is 14.2. The minimum Gasteiger partial charge on any atom is -0.466 e. The molecule has 1 heterocycles. The normalized spacial score (nSPS) is 43.8. The molecule has 0 aromatic heterocycles. The highest BCUT2D eigenvalue weighted by molar-refractivity contribution is 5.98. The molecule has 1 aromatic carbocycles. The topological polar surface area (TPSA) is 41.9 Å². The summed E-state index contributed by atoms with van der Waals surface area (Å²) in [5, 5.41) is 7.70. The number of anilines is 1. The SMILES string of the molecule is CCOC(=O)[C@]1(C)CCC[C@@]2(C)[C@@H]3CC[C@@]4(C)C[C@]3(CC[C@@H]21)[C@@H]1CN(c2ccc(C)c(C)c2)N=C14. The third kappa shape index (κ3) is 3.04. The molecule has 1 aliphatic heterocycles. The molecule has 0 unspecified atom stereocenters. The third-order valence-electron chi connectivity index (χ3n) is 11.8. The van der Waals surface area contributed by atoms with Gasteiger partial charge in [-0.15, -0.1) is 0 Å². The van der Waals surface area contributed by atoms with Crippen molar-refractivity contribution in [2.75, 3.05) is 18.2 Å². The Kier molecular flexibility index (Phi) is 5.10. The summed E-state index contributed by atoms with van der Waals surface area (Å²) < 4.78 is 5.68. The number of hydrogen-bond acceptors (Lipinski definition) is 4. The predicted molar refractivity (Wildman–Crippen MR) is 141 cm³/mol. The fourth-order valence-corrected chi connectivity index (χ4v) is 10.2. The minimum atomic E-state index is -0.331. The molecule has 2 bridgehead atoms. The number of hydrogen-bond donors (Lipinski definition) is 0. The highest BCUT2D eigenvalue weighted by Crippen LogP contribution is 2.75. The van der Waals surface area contributed by atoms with Crippen molar-refractivity contribution in [3.63, 3.8) is 0 Å². The van der Waals surface area contributed by atoms with Crippen LogP contribution in [0.2, 0.25) is 0 Å². The van der Waals surface area contributed by atoms with Crippen molar-refractivity contribution in [3.05, 3.63) is 29.3 Å². The Bertz CT molecular complexity index is 1100. The number of carbonyl (C=O) groups is 1. The van der Waals surface area contributed by atoms with Gasteiger partial charge in [0.1, 0.15) is 0 Å². The molecule has 4 aliphatic carbocycles. The van der Waals surface area contributed by atoms with Crippen LogP contribution in [-0.2, 0) is 9.53 Å². The number of fused-ring (bicyclic) bond motifs is 5. The Labute approximate surface area is 211 Å². The van der Waals surface area contributed by atoms with Crippen molar-refractivity contribution in [1.29, 1.82) is 0 Å². The lowest BCUT2D eigenvalue weighted by atomic mass is 9.39. The Morgan fingerprint density at radius 1 is 1.06 bits per heavy atom. The zero-order valence-corrected chi connectivity index (χ0v) is 22.7. The van der Waals surface area contributed by atoms with Crippen molar-refractivity contribution < 1.29 is 9.53 Å². The summed E-state index contributed by atoms with van der Waals surface area (Å²) in [4.78, 5) is 13.3. The van der Waals surface area contributed by atoms with Crippen LogP contribution < -0.4 is 5.01 Å². The monoisotopic (exact) mass is 476 g/mol. The van der Waals surface area contributed by atoms with Crippen LogP contribution in [0.4, 0.5) is 5.69 Å². The van der Waals surface area contributed by atoms with E-state index in [1.54, 1.807) is 0 Å². The van der Waals surface area contributed by atoms with Gasteiger partial charge in [0.05, 0.1) is 24.3 Å². The first-order valence-electron chi connectivity index (χ1n) is 14.2. The fourth-order valence-electron chi connectivity index (χ4n) is 10.2. The first kappa shape index (κ1) is 23.6. The largest absolute Gasteiger partial charge is 0.466 e. The van der Waals surface area contributed by atoms with Crippen molar-refractivity contribution in [3.8, 4) is 0 Å². The van der Waals surface area contributed by atoms with E-state index >= 15 is 0 Å². The maximum absolute atomic E-state index is 13.3. The summed E-state index contributed by atoms with van der Waals surface area (Å²) in [5.74, 6) is 1.72. The maximum atomic E-state index is 13.3. The molecule has 1 spiro atoms. The van der Waals surface area contributed by atoms with E-state index in [9.17, 15) is 4.79 Å². The van der Waals surface area contributed by atoms with Crippen LogP contribution in [0, 0.1) is 53.3 Å². The number of benzene rings is 1. The third-order valence-corrected chi connectivity index (χ3v) is 11.8. The summed E-state index contributed by atoms with van der Waals surface area (Å²) in [7, 11) is 0. The average molecular weight is 477 g/mol. The lowest BCUT2D eigenvalue weighted by Crippen LogP contribution is -2.60. The summed E-state index contributed by atoms with van der Waals surface area (Å²) >= 11 is 0. The lowest BCUT2D eigenvalue weighted by Gasteiger charge is -2.64. The summed E-state index contributed by atoms with van der Waals surface area (Å²) in [5.41, 5.74) is 5.87. The predicted octanol–water partition coefficient (Wildman–Crippen LogP) is 7.07. The molecular weight excluding hydrogens is 432 g/mol. The zero-order valence-electron chi connectivity index (χ0n) is 22.7. The second-order valence-electron chi connectivity index (χ2n) is 13.5. The molecule has 7 atom stereocenters. The Morgan fingerprint density at radius 3 is 2.57 bits per heavy atom. The lowest BCUT2D eigenvalue weighted by molar-refractivity contribution is -0.191. The molecule has 4 fully saturated rings. The van der Waals surface area contributed by atoms with Crippen molar-refractivity contribution in [1.82, 2.24) is 0 Å². The Balaban J connectivity index is 1.37. The van der Waals surface area contributed by atoms with Gasteiger partial charge in [0.2, 0.25) is 0 Å². The van der Waals surface area contributed by atoms with Gasteiger partial charge in [-0.25, -0.2) is 0 Å². The number of ether oxygens (including phenoxy) is 1. The molecule has 0 saturated heterocycles. The zero-order chi connectivity index (χ0) is 24.8. The Hall–Kier alpha value is -1.84.